The second kappa shape index (κ2) is 6.43. The van der Waals surface area contributed by atoms with Crippen molar-refractivity contribution in [1.82, 2.24) is 4.72 Å². The molecular weight excluding hydrogens is 299 g/mol. The Morgan fingerprint density at radius 2 is 2.20 bits per heavy atom. The summed E-state index contributed by atoms with van der Waals surface area (Å²) in [5, 5.41) is 0.260. The lowest BCUT2D eigenvalue weighted by Gasteiger charge is -2.19. The molecule has 7 heteroatoms. The summed E-state index contributed by atoms with van der Waals surface area (Å²) in [4.78, 5) is -0.304. The lowest BCUT2D eigenvalue weighted by molar-refractivity contribution is 0.538. The molecule has 20 heavy (non-hydrogen) atoms. The second-order valence-corrected chi connectivity index (χ2v) is 7.66. The van der Waals surface area contributed by atoms with E-state index in [0.717, 1.165) is 19.3 Å². The molecule has 1 aliphatic carbocycles. The highest BCUT2D eigenvalue weighted by Gasteiger charge is 2.31. The van der Waals surface area contributed by atoms with Crippen LogP contribution in [0, 0.1) is 5.82 Å². The summed E-state index contributed by atoms with van der Waals surface area (Å²) >= 11 is 1.65. The van der Waals surface area contributed by atoms with E-state index in [1.54, 1.807) is 17.8 Å². The number of sulfonamides is 1. The predicted octanol–water partition coefficient (Wildman–Crippen LogP) is 1.85. The van der Waals surface area contributed by atoms with E-state index in [4.69, 9.17) is 5.73 Å². The Morgan fingerprint density at radius 1 is 1.45 bits per heavy atom. The van der Waals surface area contributed by atoms with Crippen LogP contribution in [0.5, 0.6) is 0 Å². The third-order valence-electron chi connectivity index (χ3n) is 3.58. The summed E-state index contributed by atoms with van der Waals surface area (Å²) in [6.07, 6.45) is 4.75. The molecule has 0 radical (unpaired) electrons. The van der Waals surface area contributed by atoms with Gasteiger partial charge in [0.25, 0.3) is 0 Å². The highest BCUT2D eigenvalue weighted by Crippen LogP contribution is 2.29. The van der Waals surface area contributed by atoms with Gasteiger partial charge < -0.3 is 5.73 Å². The minimum atomic E-state index is -3.82. The summed E-state index contributed by atoms with van der Waals surface area (Å²) in [5.74, 6) is -0.751. The van der Waals surface area contributed by atoms with Crippen molar-refractivity contribution in [2.75, 3.05) is 6.26 Å². The van der Waals surface area contributed by atoms with Crippen LogP contribution in [0.15, 0.2) is 23.1 Å². The minimum absolute atomic E-state index is 0.122. The molecule has 1 aromatic rings. The van der Waals surface area contributed by atoms with E-state index in [2.05, 4.69) is 4.72 Å². The van der Waals surface area contributed by atoms with Crippen molar-refractivity contribution in [3.8, 4) is 0 Å². The molecular formula is C13H19FN2O2S2. The van der Waals surface area contributed by atoms with E-state index in [1.807, 2.05) is 6.26 Å². The van der Waals surface area contributed by atoms with Crippen molar-refractivity contribution in [3.05, 3.63) is 29.6 Å². The fraction of sp³-hybridized carbons (Fsp3) is 0.538. The SMILES string of the molecule is CSC1CCCC1NS(=O)(=O)c1ccc(CN)cc1F. The first kappa shape index (κ1) is 15.8. The van der Waals surface area contributed by atoms with Crippen LogP contribution in [0.2, 0.25) is 0 Å². The zero-order valence-electron chi connectivity index (χ0n) is 11.3. The molecule has 2 atom stereocenters. The third kappa shape index (κ3) is 3.33. The maximum absolute atomic E-state index is 13.9. The lowest BCUT2D eigenvalue weighted by Crippen LogP contribution is -2.38. The standard InChI is InChI=1S/C13H19FN2O2S2/c1-19-12-4-2-3-11(12)16-20(17,18)13-6-5-9(8-15)7-10(13)14/h5-7,11-12,16H,2-4,8,15H2,1H3. The van der Waals surface area contributed by atoms with Gasteiger partial charge in [0.15, 0.2) is 0 Å². The first-order valence-electron chi connectivity index (χ1n) is 6.51. The highest BCUT2D eigenvalue weighted by molar-refractivity contribution is 7.99. The molecule has 0 aromatic heterocycles. The molecule has 2 unspecified atom stereocenters. The number of halogens is 1. The smallest absolute Gasteiger partial charge is 0.243 e. The number of hydrogen-bond donors (Lipinski definition) is 2. The first-order chi connectivity index (χ1) is 9.47. The van der Waals surface area contributed by atoms with Crippen molar-refractivity contribution in [2.24, 2.45) is 5.73 Å². The summed E-state index contributed by atoms with van der Waals surface area (Å²) in [6.45, 7) is 0.182. The number of nitrogens with two attached hydrogens (primary N) is 1. The van der Waals surface area contributed by atoms with Crippen LogP contribution in [0.1, 0.15) is 24.8 Å². The Bertz CT molecular complexity index is 578. The molecule has 0 saturated heterocycles. The Morgan fingerprint density at radius 3 is 2.80 bits per heavy atom. The summed E-state index contributed by atoms with van der Waals surface area (Å²) in [5.41, 5.74) is 5.99. The van der Waals surface area contributed by atoms with Crippen LogP contribution in [0.25, 0.3) is 0 Å². The summed E-state index contributed by atoms with van der Waals surface area (Å²) in [7, 11) is -3.82. The number of nitrogens with one attached hydrogen (secondary N) is 1. The zero-order chi connectivity index (χ0) is 14.8. The Kier molecular flexibility index (Phi) is 5.06. The lowest BCUT2D eigenvalue weighted by atomic mass is 10.2. The summed E-state index contributed by atoms with van der Waals surface area (Å²) < 4.78 is 41.1. The average molecular weight is 318 g/mol. The Labute approximate surface area is 123 Å². The van der Waals surface area contributed by atoms with E-state index in [0.29, 0.717) is 5.56 Å². The second-order valence-electron chi connectivity index (χ2n) is 4.90. The molecule has 1 saturated carbocycles. The van der Waals surface area contributed by atoms with Crippen molar-refractivity contribution < 1.29 is 12.8 Å². The number of thioether (sulfide) groups is 1. The number of hydrogen-bond acceptors (Lipinski definition) is 4. The monoisotopic (exact) mass is 318 g/mol. The Balaban J connectivity index is 2.22. The van der Waals surface area contributed by atoms with Crippen LogP contribution in [0.3, 0.4) is 0 Å². The van der Waals surface area contributed by atoms with E-state index in [-0.39, 0.29) is 22.7 Å². The van der Waals surface area contributed by atoms with Gasteiger partial charge in [-0.15, -0.1) is 0 Å². The quantitative estimate of drug-likeness (QED) is 0.869. The van der Waals surface area contributed by atoms with Crippen molar-refractivity contribution in [3.63, 3.8) is 0 Å². The van der Waals surface area contributed by atoms with Gasteiger partial charge in [0, 0.05) is 17.8 Å². The third-order valence-corrected chi connectivity index (χ3v) is 6.28. The number of rotatable bonds is 5. The molecule has 0 bridgehead atoms. The molecule has 0 aliphatic heterocycles. The van der Waals surface area contributed by atoms with Crippen LogP contribution < -0.4 is 10.5 Å². The van der Waals surface area contributed by atoms with Crippen LogP contribution in [-0.4, -0.2) is 26.0 Å². The zero-order valence-corrected chi connectivity index (χ0v) is 12.9. The van der Waals surface area contributed by atoms with Gasteiger partial charge in [-0.25, -0.2) is 17.5 Å². The predicted molar refractivity (Wildman–Crippen MR) is 79.6 cm³/mol. The van der Waals surface area contributed by atoms with E-state index >= 15 is 0 Å². The van der Waals surface area contributed by atoms with Crippen LogP contribution >= 0.6 is 11.8 Å². The summed E-state index contributed by atoms with van der Waals surface area (Å²) in [6, 6.07) is 3.87. The van der Waals surface area contributed by atoms with E-state index in [1.165, 1.54) is 12.1 Å². The Hall–Kier alpha value is -0.630. The van der Waals surface area contributed by atoms with Gasteiger partial charge in [0.1, 0.15) is 10.7 Å². The average Bonchev–Trinajstić information content (AvgIpc) is 2.84. The van der Waals surface area contributed by atoms with Gasteiger partial charge >= 0.3 is 0 Å². The molecule has 2 rings (SSSR count). The van der Waals surface area contributed by atoms with Gasteiger partial charge in [-0.1, -0.05) is 12.5 Å². The maximum Gasteiger partial charge on any atom is 0.243 e. The van der Waals surface area contributed by atoms with Gasteiger partial charge in [-0.05, 0) is 36.8 Å². The van der Waals surface area contributed by atoms with Crippen LogP contribution in [0.4, 0.5) is 4.39 Å². The molecule has 0 spiro atoms. The largest absolute Gasteiger partial charge is 0.326 e. The normalized spacial score (nSPS) is 23.1. The molecule has 4 nitrogen and oxygen atoms in total. The molecule has 1 fully saturated rings. The van der Waals surface area contributed by atoms with E-state index in [9.17, 15) is 12.8 Å². The molecule has 112 valence electrons. The topological polar surface area (TPSA) is 72.2 Å². The number of benzene rings is 1. The van der Waals surface area contributed by atoms with Crippen LogP contribution in [-0.2, 0) is 16.6 Å². The molecule has 1 aromatic carbocycles. The first-order valence-corrected chi connectivity index (χ1v) is 9.28. The van der Waals surface area contributed by atoms with Crippen molar-refractivity contribution in [2.45, 2.75) is 42.0 Å². The van der Waals surface area contributed by atoms with Gasteiger partial charge in [0.05, 0.1) is 0 Å². The minimum Gasteiger partial charge on any atom is -0.326 e. The van der Waals surface area contributed by atoms with Crippen molar-refractivity contribution >= 4 is 21.8 Å². The molecule has 0 heterocycles. The van der Waals surface area contributed by atoms with Gasteiger partial charge in [-0.3, -0.25) is 0 Å². The van der Waals surface area contributed by atoms with E-state index < -0.39 is 15.8 Å². The molecule has 3 N–H and O–H groups in total. The van der Waals surface area contributed by atoms with Gasteiger partial charge in [-0.2, -0.15) is 11.8 Å². The molecule has 1 aliphatic rings. The fourth-order valence-electron chi connectivity index (χ4n) is 2.49. The maximum atomic E-state index is 13.9. The fourth-order valence-corrected chi connectivity index (χ4v) is 4.89. The van der Waals surface area contributed by atoms with Gasteiger partial charge in [0.2, 0.25) is 10.0 Å². The van der Waals surface area contributed by atoms with Crippen molar-refractivity contribution in [1.29, 1.82) is 0 Å². The highest BCUT2D eigenvalue weighted by atomic mass is 32.2. The molecule has 0 amide bonds.